The molecular formula is C11H22N2O2S. The van der Waals surface area contributed by atoms with Crippen molar-refractivity contribution < 1.29 is 8.42 Å². The summed E-state index contributed by atoms with van der Waals surface area (Å²) in [6.07, 6.45) is 5.03. The standard InChI is InChI=1S/C11H22N2O2S/c12-6-7-13-8-9-16(14,15)11(10-13)4-2-1-3-5-11/h1-10,12H2. The smallest absolute Gasteiger partial charge is 0.158 e. The van der Waals surface area contributed by atoms with Crippen molar-refractivity contribution >= 4 is 9.84 Å². The molecule has 2 rings (SSSR count). The Bertz CT molecular complexity index is 334. The van der Waals surface area contributed by atoms with E-state index in [1.54, 1.807) is 0 Å². The third kappa shape index (κ3) is 2.13. The fourth-order valence-electron chi connectivity index (χ4n) is 3.09. The number of sulfone groups is 1. The van der Waals surface area contributed by atoms with E-state index >= 15 is 0 Å². The summed E-state index contributed by atoms with van der Waals surface area (Å²) in [7, 11) is -2.88. The Morgan fingerprint density at radius 1 is 1.19 bits per heavy atom. The number of hydrogen-bond acceptors (Lipinski definition) is 4. The summed E-state index contributed by atoms with van der Waals surface area (Å²) in [5, 5.41) is 0. The zero-order chi connectivity index (χ0) is 11.6. The molecule has 5 heteroatoms. The van der Waals surface area contributed by atoms with Gasteiger partial charge in [-0.2, -0.15) is 0 Å². The predicted octanol–water partition coefficient (Wildman–Crippen LogP) is 0.378. The van der Waals surface area contributed by atoms with Crippen LogP contribution in [0, 0.1) is 0 Å². The first-order chi connectivity index (χ1) is 7.60. The van der Waals surface area contributed by atoms with Gasteiger partial charge >= 0.3 is 0 Å². The van der Waals surface area contributed by atoms with Crippen LogP contribution in [0.3, 0.4) is 0 Å². The van der Waals surface area contributed by atoms with E-state index in [-0.39, 0.29) is 0 Å². The molecule has 0 unspecified atom stereocenters. The van der Waals surface area contributed by atoms with Crippen LogP contribution in [0.25, 0.3) is 0 Å². The fraction of sp³-hybridized carbons (Fsp3) is 1.00. The third-order valence-electron chi connectivity index (χ3n) is 4.06. The van der Waals surface area contributed by atoms with E-state index < -0.39 is 14.6 Å². The van der Waals surface area contributed by atoms with Gasteiger partial charge in [-0.1, -0.05) is 19.3 Å². The summed E-state index contributed by atoms with van der Waals surface area (Å²) in [4.78, 5) is 2.23. The van der Waals surface area contributed by atoms with Crippen LogP contribution >= 0.6 is 0 Å². The number of hydrogen-bond donors (Lipinski definition) is 1. The molecular weight excluding hydrogens is 224 g/mol. The van der Waals surface area contributed by atoms with Crippen molar-refractivity contribution in [2.75, 3.05) is 31.9 Å². The van der Waals surface area contributed by atoms with Crippen LogP contribution in [0.1, 0.15) is 32.1 Å². The highest BCUT2D eigenvalue weighted by Gasteiger charge is 2.47. The largest absolute Gasteiger partial charge is 0.329 e. The van der Waals surface area contributed by atoms with Gasteiger partial charge in [-0.15, -0.1) is 0 Å². The Kier molecular flexibility index (Phi) is 3.56. The topological polar surface area (TPSA) is 63.4 Å². The molecule has 1 saturated carbocycles. The van der Waals surface area contributed by atoms with Gasteiger partial charge in [-0.25, -0.2) is 8.42 Å². The molecule has 1 saturated heterocycles. The van der Waals surface area contributed by atoms with E-state index in [2.05, 4.69) is 4.90 Å². The van der Waals surface area contributed by atoms with Crippen LogP contribution in [-0.2, 0) is 9.84 Å². The molecule has 2 N–H and O–H groups in total. The van der Waals surface area contributed by atoms with Crippen LogP contribution in [0.2, 0.25) is 0 Å². The minimum Gasteiger partial charge on any atom is -0.329 e. The van der Waals surface area contributed by atoms with E-state index in [9.17, 15) is 8.42 Å². The first-order valence-electron chi connectivity index (χ1n) is 6.24. The minimum absolute atomic E-state index is 0.326. The molecule has 2 aliphatic rings. The molecule has 0 radical (unpaired) electrons. The molecule has 4 nitrogen and oxygen atoms in total. The summed E-state index contributed by atoms with van der Waals surface area (Å²) < 4.78 is 24.1. The molecule has 0 aromatic heterocycles. The normalized spacial score (nSPS) is 29.3. The van der Waals surface area contributed by atoms with E-state index in [4.69, 9.17) is 5.73 Å². The second-order valence-electron chi connectivity index (χ2n) is 5.13. The van der Waals surface area contributed by atoms with Crippen molar-refractivity contribution in [3.63, 3.8) is 0 Å². The lowest BCUT2D eigenvalue weighted by Gasteiger charge is -2.44. The first kappa shape index (κ1) is 12.3. The van der Waals surface area contributed by atoms with E-state index in [0.29, 0.717) is 25.4 Å². The van der Waals surface area contributed by atoms with Gasteiger partial charge in [0.25, 0.3) is 0 Å². The summed E-state index contributed by atoms with van der Waals surface area (Å²) in [5.41, 5.74) is 5.55. The van der Waals surface area contributed by atoms with Crippen molar-refractivity contribution in [3.8, 4) is 0 Å². The molecule has 1 aliphatic carbocycles. The maximum atomic E-state index is 12.3. The number of rotatable bonds is 2. The van der Waals surface area contributed by atoms with Gasteiger partial charge in [0.2, 0.25) is 0 Å². The summed E-state index contributed by atoms with van der Waals surface area (Å²) in [5.74, 6) is 0.326. The zero-order valence-electron chi connectivity index (χ0n) is 9.82. The highest BCUT2D eigenvalue weighted by atomic mass is 32.2. The second kappa shape index (κ2) is 4.63. The van der Waals surface area contributed by atoms with Crippen LogP contribution in [0.15, 0.2) is 0 Å². The Labute approximate surface area is 98.1 Å². The average molecular weight is 246 g/mol. The lowest BCUT2D eigenvalue weighted by Crippen LogP contribution is -2.57. The maximum Gasteiger partial charge on any atom is 0.158 e. The van der Waals surface area contributed by atoms with E-state index in [1.807, 2.05) is 0 Å². The van der Waals surface area contributed by atoms with E-state index in [1.165, 1.54) is 6.42 Å². The summed E-state index contributed by atoms with van der Waals surface area (Å²) in [6, 6.07) is 0. The molecule has 0 bridgehead atoms. The van der Waals surface area contributed by atoms with Gasteiger partial charge in [0, 0.05) is 26.2 Å². The van der Waals surface area contributed by atoms with Crippen molar-refractivity contribution in [2.45, 2.75) is 36.9 Å². The second-order valence-corrected chi connectivity index (χ2v) is 7.63. The highest BCUT2D eigenvalue weighted by Crippen LogP contribution is 2.38. The predicted molar refractivity (Wildman–Crippen MR) is 65.1 cm³/mol. The highest BCUT2D eigenvalue weighted by molar-refractivity contribution is 7.92. The van der Waals surface area contributed by atoms with Crippen LogP contribution in [-0.4, -0.2) is 50.0 Å². The Balaban J connectivity index is 2.17. The molecule has 0 amide bonds. The molecule has 1 spiro atoms. The van der Waals surface area contributed by atoms with Gasteiger partial charge in [0.15, 0.2) is 9.84 Å². The molecule has 0 aromatic rings. The van der Waals surface area contributed by atoms with Crippen LogP contribution < -0.4 is 5.73 Å². The van der Waals surface area contributed by atoms with Gasteiger partial charge in [-0.3, -0.25) is 4.90 Å². The van der Waals surface area contributed by atoms with Crippen molar-refractivity contribution in [2.24, 2.45) is 5.73 Å². The van der Waals surface area contributed by atoms with Crippen molar-refractivity contribution in [1.82, 2.24) is 4.90 Å². The lowest BCUT2D eigenvalue weighted by molar-refractivity contribution is 0.211. The molecule has 0 atom stereocenters. The monoisotopic (exact) mass is 246 g/mol. The molecule has 1 aliphatic heterocycles. The summed E-state index contributed by atoms with van der Waals surface area (Å²) >= 11 is 0. The molecule has 1 heterocycles. The molecule has 0 aromatic carbocycles. The number of nitrogens with two attached hydrogens (primary N) is 1. The van der Waals surface area contributed by atoms with Crippen molar-refractivity contribution in [3.05, 3.63) is 0 Å². The molecule has 2 fully saturated rings. The minimum atomic E-state index is -2.88. The molecule has 94 valence electrons. The SMILES string of the molecule is NCCN1CCS(=O)(=O)C2(CCCCC2)C1. The van der Waals surface area contributed by atoms with Crippen molar-refractivity contribution in [1.29, 1.82) is 0 Å². The summed E-state index contributed by atoms with van der Waals surface area (Å²) in [6.45, 7) is 2.83. The first-order valence-corrected chi connectivity index (χ1v) is 7.90. The Hall–Kier alpha value is -0.130. The fourth-order valence-corrected chi connectivity index (χ4v) is 5.31. The van der Waals surface area contributed by atoms with Crippen LogP contribution in [0.4, 0.5) is 0 Å². The van der Waals surface area contributed by atoms with Gasteiger partial charge in [0.05, 0.1) is 10.5 Å². The zero-order valence-corrected chi connectivity index (χ0v) is 10.6. The lowest BCUT2D eigenvalue weighted by atomic mass is 9.87. The van der Waals surface area contributed by atoms with Gasteiger partial charge < -0.3 is 5.73 Å². The van der Waals surface area contributed by atoms with E-state index in [0.717, 1.165) is 32.2 Å². The molecule has 16 heavy (non-hydrogen) atoms. The Morgan fingerprint density at radius 2 is 1.88 bits per heavy atom. The maximum absolute atomic E-state index is 12.3. The third-order valence-corrected chi connectivity index (χ3v) is 6.63. The van der Waals surface area contributed by atoms with Gasteiger partial charge in [0.1, 0.15) is 0 Å². The Morgan fingerprint density at radius 3 is 2.50 bits per heavy atom. The number of nitrogens with zero attached hydrogens (tertiary/aromatic N) is 1. The average Bonchev–Trinajstić information content (AvgIpc) is 2.26. The van der Waals surface area contributed by atoms with Gasteiger partial charge in [-0.05, 0) is 12.8 Å². The quantitative estimate of drug-likeness (QED) is 0.765. The van der Waals surface area contributed by atoms with Crippen LogP contribution in [0.5, 0.6) is 0 Å².